The zero-order chi connectivity index (χ0) is 47.3. The van der Waals surface area contributed by atoms with Gasteiger partial charge in [-0.3, -0.25) is 19.2 Å². The molecule has 2 fully saturated rings. The van der Waals surface area contributed by atoms with Crippen LogP contribution >= 0.6 is 46.4 Å². The molecule has 2 amide bonds. The van der Waals surface area contributed by atoms with E-state index in [4.69, 9.17) is 55.9 Å². The molecule has 2 aliphatic heterocycles. The molecule has 0 radical (unpaired) electrons. The van der Waals surface area contributed by atoms with E-state index in [9.17, 15) is 0 Å². The molecule has 0 spiro atoms. The Balaban J connectivity index is 1.52. The molecule has 0 aromatic heterocycles. The number of hydrogen-bond donors (Lipinski definition) is 2. The Hall–Kier alpha value is -4.16. The molecular formula is C52H62Cl4N4O6. The first-order valence-electron chi connectivity index (χ1n) is 23.4. The number of unbranched alkanes of at least 4 members (excludes halogenated alkanes) is 10. The van der Waals surface area contributed by atoms with Gasteiger partial charge in [-0.15, -0.1) is 0 Å². The van der Waals surface area contributed by atoms with E-state index in [1.165, 1.54) is 6.07 Å². The van der Waals surface area contributed by atoms with Crippen molar-refractivity contribution in [2.45, 2.75) is 129 Å². The Morgan fingerprint density at radius 1 is 0.485 bits per heavy atom. The Kier molecular flexibility index (Phi) is 19.2. The SMILES string of the molecule is CCCCCCCCOC(=O)[C@@H]1[C@H](C(=O)Nc2ccc(Cl)c(Cl)c2)N2[C@H](c3ccc(C)cc3)[C@H](C(=O)Nc3ccc(Cl)c(Cl)c3)[C@H](C(=O)OCCCCCCCC)N2[C@H]1c1ccc(C)cc1. The molecule has 354 valence electrons. The summed E-state index contributed by atoms with van der Waals surface area (Å²) < 4.78 is 12.3. The van der Waals surface area contributed by atoms with Gasteiger partial charge in [-0.1, -0.05) is 184 Å². The number of ether oxygens (including phenoxy) is 2. The van der Waals surface area contributed by atoms with Crippen LogP contribution in [0.15, 0.2) is 84.9 Å². The Labute approximate surface area is 409 Å². The number of hydrogen-bond acceptors (Lipinski definition) is 8. The second-order valence-corrected chi connectivity index (χ2v) is 19.1. The molecule has 6 rings (SSSR count). The third-order valence-electron chi connectivity index (χ3n) is 12.5. The van der Waals surface area contributed by atoms with Gasteiger partial charge >= 0.3 is 11.9 Å². The number of carbonyl (C=O) groups excluding carboxylic acids is 4. The topological polar surface area (TPSA) is 117 Å². The van der Waals surface area contributed by atoms with Gasteiger partial charge < -0.3 is 20.1 Å². The van der Waals surface area contributed by atoms with Gasteiger partial charge in [-0.2, -0.15) is 0 Å². The average molecular weight is 981 g/mol. The molecule has 0 bridgehead atoms. The molecular weight excluding hydrogens is 918 g/mol. The summed E-state index contributed by atoms with van der Waals surface area (Å²) in [6.45, 7) is 8.52. The normalized spacial score (nSPS) is 20.5. The number of fused-ring (bicyclic) bond motifs is 1. The summed E-state index contributed by atoms with van der Waals surface area (Å²) in [5.74, 6) is -4.72. The molecule has 2 saturated heterocycles. The van der Waals surface area contributed by atoms with Crippen LogP contribution in [0.3, 0.4) is 0 Å². The number of rotatable bonds is 22. The summed E-state index contributed by atoms with van der Waals surface area (Å²) in [7, 11) is 0. The Bertz CT molecular complexity index is 2280. The minimum absolute atomic E-state index is 0.131. The molecule has 2 heterocycles. The Morgan fingerprint density at radius 3 is 1.36 bits per heavy atom. The van der Waals surface area contributed by atoms with Gasteiger partial charge in [-0.25, -0.2) is 10.0 Å². The van der Waals surface area contributed by atoms with E-state index in [0.717, 1.165) is 75.3 Å². The van der Waals surface area contributed by atoms with Gasteiger partial charge in [-0.05, 0) is 74.2 Å². The van der Waals surface area contributed by atoms with E-state index >= 15 is 19.2 Å². The van der Waals surface area contributed by atoms with Crippen molar-refractivity contribution in [3.8, 4) is 0 Å². The third-order valence-corrected chi connectivity index (χ3v) is 14.0. The van der Waals surface area contributed by atoms with Crippen molar-refractivity contribution in [3.05, 3.63) is 127 Å². The van der Waals surface area contributed by atoms with Crippen molar-refractivity contribution in [3.63, 3.8) is 0 Å². The van der Waals surface area contributed by atoms with Crippen LogP contribution in [0.25, 0.3) is 0 Å². The van der Waals surface area contributed by atoms with Crippen molar-refractivity contribution in [2.75, 3.05) is 23.8 Å². The van der Waals surface area contributed by atoms with Crippen LogP contribution in [0.1, 0.15) is 125 Å². The summed E-state index contributed by atoms with van der Waals surface area (Å²) in [6.07, 6.45) is 11.8. The van der Waals surface area contributed by atoms with Gasteiger partial charge in [0.1, 0.15) is 18.0 Å². The Morgan fingerprint density at radius 2 is 0.894 bits per heavy atom. The fourth-order valence-corrected chi connectivity index (χ4v) is 9.73. The van der Waals surface area contributed by atoms with Gasteiger partial charge in [0, 0.05) is 11.4 Å². The molecule has 2 N–H and O–H groups in total. The fraction of sp³-hybridized carbons (Fsp3) is 0.462. The van der Waals surface area contributed by atoms with Crippen LogP contribution in [0.2, 0.25) is 20.1 Å². The van der Waals surface area contributed by atoms with Gasteiger partial charge in [0.2, 0.25) is 11.8 Å². The van der Waals surface area contributed by atoms with E-state index in [0.29, 0.717) is 45.4 Å². The number of esters is 2. The van der Waals surface area contributed by atoms with Gasteiger partial charge in [0.15, 0.2) is 0 Å². The van der Waals surface area contributed by atoms with E-state index in [1.54, 1.807) is 40.3 Å². The lowest BCUT2D eigenvalue weighted by molar-refractivity contribution is -0.158. The quantitative estimate of drug-likeness (QED) is 0.0591. The monoisotopic (exact) mass is 978 g/mol. The van der Waals surface area contributed by atoms with E-state index in [2.05, 4.69) is 24.5 Å². The number of nitrogens with one attached hydrogen (secondary N) is 2. The van der Waals surface area contributed by atoms with Crippen LogP contribution in [0.4, 0.5) is 11.4 Å². The molecule has 14 heteroatoms. The highest BCUT2D eigenvalue weighted by Crippen LogP contribution is 2.56. The van der Waals surface area contributed by atoms with E-state index < -0.39 is 59.8 Å². The molecule has 0 saturated carbocycles. The first-order valence-corrected chi connectivity index (χ1v) is 24.9. The largest absolute Gasteiger partial charge is 0.465 e. The van der Waals surface area contributed by atoms with Crippen LogP contribution in [0, 0.1) is 25.7 Å². The second kappa shape index (κ2) is 24.7. The predicted octanol–water partition coefficient (Wildman–Crippen LogP) is 13.3. The maximum Gasteiger partial charge on any atom is 0.325 e. The molecule has 2 aliphatic rings. The molecule has 10 nitrogen and oxygen atoms in total. The minimum atomic E-state index is -1.32. The minimum Gasteiger partial charge on any atom is -0.465 e. The number of nitrogens with zero attached hydrogens (tertiary/aromatic N) is 2. The zero-order valence-corrected chi connectivity index (χ0v) is 41.3. The lowest BCUT2D eigenvalue weighted by Crippen LogP contribution is -2.48. The number of halogens is 4. The lowest BCUT2D eigenvalue weighted by Gasteiger charge is -2.33. The second-order valence-electron chi connectivity index (χ2n) is 17.5. The van der Waals surface area contributed by atoms with Crippen molar-refractivity contribution in [1.82, 2.24) is 10.0 Å². The molecule has 4 aromatic carbocycles. The molecule has 0 aliphatic carbocycles. The summed E-state index contributed by atoms with van der Waals surface area (Å²) >= 11 is 25.5. The summed E-state index contributed by atoms with van der Waals surface area (Å²) in [5.41, 5.74) is 3.93. The summed E-state index contributed by atoms with van der Waals surface area (Å²) in [4.78, 5) is 60.7. The van der Waals surface area contributed by atoms with Crippen molar-refractivity contribution < 1.29 is 28.7 Å². The fourth-order valence-electron chi connectivity index (χ4n) is 9.14. The molecule has 66 heavy (non-hydrogen) atoms. The maximum absolute atomic E-state index is 15.3. The van der Waals surface area contributed by atoms with Crippen LogP contribution < -0.4 is 10.6 Å². The number of hydrazine groups is 1. The van der Waals surface area contributed by atoms with E-state index in [1.807, 2.05) is 62.4 Å². The highest BCUT2D eigenvalue weighted by Gasteiger charge is 2.68. The average Bonchev–Trinajstić information content (AvgIpc) is 3.82. The predicted molar refractivity (Wildman–Crippen MR) is 265 cm³/mol. The van der Waals surface area contributed by atoms with Crippen LogP contribution in [-0.4, -0.2) is 59.1 Å². The smallest absolute Gasteiger partial charge is 0.325 e. The molecule has 6 atom stereocenters. The molecule has 0 unspecified atom stereocenters. The van der Waals surface area contributed by atoms with Crippen molar-refractivity contribution in [1.29, 1.82) is 0 Å². The number of amides is 2. The van der Waals surface area contributed by atoms with E-state index in [-0.39, 0.29) is 23.3 Å². The van der Waals surface area contributed by atoms with Crippen molar-refractivity contribution >= 4 is 81.5 Å². The van der Waals surface area contributed by atoms with Crippen molar-refractivity contribution in [2.24, 2.45) is 11.8 Å². The first-order chi connectivity index (χ1) is 31.8. The first kappa shape index (κ1) is 51.2. The zero-order valence-electron chi connectivity index (χ0n) is 38.3. The van der Waals surface area contributed by atoms with Crippen LogP contribution in [0.5, 0.6) is 0 Å². The maximum atomic E-state index is 15.3. The highest BCUT2D eigenvalue weighted by molar-refractivity contribution is 6.42. The lowest BCUT2D eigenvalue weighted by atomic mass is 9.81. The van der Waals surface area contributed by atoms with Crippen LogP contribution in [-0.2, 0) is 28.7 Å². The standard InChI is InChI=1S/C52H62Cl4N4O6/c1-5-7-9-11-13-15-29-65-51(63)44-46(36-23-19-34(4)20-24-36)60-48(52(64)66-30-16-14-12-10-8-6-2)43(49(61)57-37-25-27-39(53)41(55)31-37)45(35-21-17-33(3)18-22-35)59(60)47(44)50(62)58-38-26-28-40(54)42(56)32-38/h17-28,31-32,43-48H,5-16,29-30H2,1-4H3,(H,57,61)(H,58,62)/t43-,44-,45+,46-,47+,48+/m0/s1. The number of carbonyl (C=O) groups is 4. The molecule has 4 aromatic rings. The third kappa shape index (κ3) is 12.7. The van der Waals surface area contributed by atoms with Gasteiger partial charge in [0.25, 0.3) is 0 Å². The summed E-state index contributed by atoms with van der Waals surface area (Å²) in [6, 6.07) is 20.2. The number of benzene rings is 4. The summed E-state index contributed by atoms with van der Waals surface area (Å²) in [5, 5.41) is 10.6. The highest BCUT2D eigenvalue weighted by atomic mass is 35.5. The number of aryl methyl sites for hydroxylation is 2. The number of anilines is 2. The van der Waals surface area contributed by atoms with Gasteiger partial charge in [0.05, 0.1) is 51.3 Å².